The number of nitrogens with zero attached hydrogens (tertiary/aromatic N) is 1. The summed E-state index contributed by atoms with van der Waals surface area (Å²) in [4.78, 5) is 25.3. The molecule has 1 aliphatic rings. The molecular formula is C14H18N2O3. The number of carbonyl (C=O) groups is 2. The predicted molar refractivity (Wildman–Crippen MR) is 72.3 cm³/mol. The number of anilines is 1. The number of rotatable bonds is 4. The molecule has 2 rings (SSSR count). The van der Waals surface area contributed by atoms with Crippen molar-refractivity contribution < 1.29 is 14.3 Å². The van der Waals surface area contributed by atoms with Gasteiger partial charge in [-0.05, 0) is 36.6 Å². The van der Waals surface area contributed by atoms with E-state index in [0.717, 1.165) is 0 Å². The van der Waals surface area contributed by atoms with Gasteiger partial charge in [-0.15, -0.1) is 0 Å². The second-order valence-corrected chi connectivity index (χ2v) is 5.00. The van der Waals surface area contributed by atoms with Crippen molar-refractivity contribution in [3.05, 3.63) is 24.3 Å². The van der Waals surface area contributed by atoms with Gasteiger partial charge in [0.05, 0.1) is 12.8 Å². The summed E-state index contributed by atoms with van der Waals surface area (Å²) in [5.41, 5.74) is 0.564. The van der Waals surface area contributed by atoms with Gasteiger partial charge in [-0.2, -0.15) is 0 Å². The average Bonchev–Trinajstić information content (AvgIpc) is 2.64. The number of urea groups is 1. The van der Waals surface area contributed by atoms with Gasteiger partial charge in [-0.3, -0.25) is 4.79 Å². The Morgan fingerprint density at radius 3 is 2.42 bits per heavy atom. The third-order valence-corrected chi connectivity index (χ3v) is 3.06. The fourth-order valence-corrected chi connectivity index (χ4v) is 2.14. The second kappa shape index (κ2) is 5.30. The maximum Gasteiger partial charge on any atom is 0.329 e. The van der Waals surface area contributed by atoms with E-state index >= 15 is 0 Å². The Morgan fingerprint density at radius 2 is 1.89 bits per heavy atom. The molecule has 0 aromatic heterocycles. The van der Waals surface area contributed by atoms with Crippen LogP contribution >= 0.6 is 0 Å². The first-order valence-corrected chi connectivity index (χ1v) is 6.31. The number of methoxy groups -OCH3 is 1. The van der Waals surface area contributed by atoms with Crippen molar-refractivity contribution in [3.63, 3.8) is 0 Å². The van der Waals surface area contributed by atoms with E-state index in [1.54, 1.807) is 31.4 Å². The highest BCUT2D eigenvalue weighted by Crippen LogP contribution is 2.24. The molecule has 5 nitrogen and oxygen atoms in total. The van der Waals surface area contributed by atoms with E-state index in [0.29, 0.717) is 23.8 Å². The minimum absolute atomic E-state index is 0.191. The number of carbonyl (C=O) groups excluding carboxylic acids is 2. The molecule has 0 saturated carbocycles. The Balaban J connectivity index is 2.19. The average molecular weight is 262 g/mol. The van der Waals surface area contributed by atoms with Crippen molar-refractivity contribution in [1.82, 2.24) is 5.32 Å². The molecule has 1 aromatic rings. The van der Waals surface area contributed by atoms with E-state index < -0.39 is 6.04 Å². The van der Waals surface area contributed by atoms with Gasteiger partial charge < -0.3 is 10.1 Å². The molecule has 0 bridgehead atoms. The van der Waals surface area contributed by atoms with Gasteiger partial charge in [0.15, 0.2) is 0 Å². The second-order valence-electron chi connectivity index (χ2n) is 5.00. The SMILES string of the molecule is COc1ccc(N2C(=O)NC(CC(C)C)C2=O)cc1. The molecule has 0 radical (unpaired) electrons. The molecule has 1 saturated heterocycles. The molecule has 0 spiro atoms. The van der Waals surface area contributed by atoms with Crippen molar-refractivity contribution in [2.24, 2.45) is 5.92 Å². The van der Waals surface area contributed by atoms with Gasteiger partial charge in [0.25, 0.3) is 5.91 Å². The van der Waals surface area contributed by atoms with E-state index in [1.165, 1.54) is 4.90 Å². The van der Waals surface area contributed by atoms with Crippen LogP contribution < -0.4 is 15.0 Å². The van der Waals surface area contributed by atoms with Gasteiger partial charge >= 0.3 is 6.03 Å². The molecule has 1 heterocycles. The first-order valence-electron chi connectivity index (χ1n) is 6.31. The third kappa shape index (κ3) is 2.70. The first kappa shape index (κ1) is 13.4. The Morgan fingerprint density at radius 1 is 1.26 bits per heavy atom. The summed E-state index contributed by atoms with van der Waals surface area (Å²) in [5.74, 6) is 0.850. The molecule has 1 aromatic carbocycles. The van der Waals surface area contributed by atoms with Crippen molar-refractivity contribution in [2.45, 2.75) is 26.3 Å². The standard InChI is InChI=1S/C14H18N2O3/c1-9(2)8-12-13(17)16(14(18)15-12)10-4-6-11(19-3)7-5-10/h4-7,9,12H,8H2,1-3H3,(H,15,18). The lowest BCUT2D eigenvalue weighted by Gasteiger charge is -2.14. The molecular weight excluding hydrogens is 244 g/mol. The van der Waals surface area contributed by atoms with E-state index in [2.05, 4.69) is 5.32 Å². The quantitative estimate of drug-likeness (QED) is 0.846. The van der Waals surface area contributed by atoms with Crippen LogP contribution in [0.3, 0.4) is 0 Å². The fraction of sp³-hybridized carbons (Fsp3) is 0.429. The zero-order valence-corrected chi connectivity index (χ0v) is 11.3. The Hall–Kier alpha value is -2.04. The summed E-state index contributed by atoms with van der Waals surface area (Å²) in [6.45, 7) is 4.05. The highest BCUT2D eigenvalue weighted by Gasteiger charge is 2.38. The van der Waals surface area contributed by atoms with Crippen molar-refractivity contribution >= 4 is 17.6 Å². The van der Waals surface area contributed by atoms with Crippen LogP contribution in [-0.2, 0) is 4.79 Å². The number of nitrogens with one attached hydrogen (secondary N) is 1. The van der Waals surface area contributed by atoms with Crippen LogP contribution in [0.5, 0.6) is 5.75 Å². The minimum atomic E-state index is -0.422. The van der Waals surface area contributed by atoms with Crippen LogP contribution in [0, 0.1) is 5.92 Å². The van der Waals surface area contributed by atoms with Gasteiger partial charge in [-0.25, -0.2) is 9.69 Å². The van der Waals surface area contributed by atoms with Crippen molar-refractivity contribution in [1.29, 1.82) is 0 Å². The highest BCUT2D eigenvalue weighted by molar-refractivity contribution is 6.21. The monoisotopic (exact) mass is 262 g/mol. The lowest BCUT2D eigenvalue weighted by atomic mass is 10.0. The van der Waals surface area contributed by atoms with E-state index in [4.69, 9.17) is 4.74 Å². The van der Waals surface area contributed by atoms with Gasteiger partial charge in [0.1, 0.15) is 11.8 Å². The van der Waals surface area contributed by atoms with Crippen LogP contribution in [0.1, 0.15) is 20.3 Å². The highest BCUT2D eigenvalue weighted by atomic mass is 16.5. The van der Waals surface area contributed by atoms with Crippen LogP contribution in [0.25, 0.3) is 0 Å². The summed E-state index contributed by atoms with van der Waals surface area (Å²) >= 11 is 0. The Kier molecular flexibility index (Phi) is 3.74. The van der Waals surface area contributed by atoms with E-state index in [-0.39, 0.29) is 11.9 Å². The van der Waals surface area contributed by atoms with E-state index in [9.17, 15) is 9.59 Å². The molecule has 1 aliphatic heterocycles. The maximum absolute atomic E-state index is 12.2. The third-order valence-electron chi connectivity index (χ3n) is 3.06. The predicted octanol–water partition coefficient (Wildman–Crippen LogP) is 2.17. The topological polar surface area (TPSA) is 58.6 Å². The smallest absolute Gasteiger partial charge is 0.329 e. The number of ether oxygens (including phenoxy) is 1. The summed E-state index contributed by atoms with van der Waals surface area (Å²) in [6.07, 6.45) is 0.650. The molecule has 0 aliphatic carbocycles. The Bertz CT molecular complexity index is 482. The summed E-state index contributed by atoms with van der Waals surface area (Å²) in [7, 11) is 1.57. The zero-order valence-electron chi connectivity index (χ0n) is 11.3. The van der Waals surface area contributed by atoms with Crippen LogP contribution in [0.4, 0.5) is 10.5 Å². The van der Waals surface area contributed by atoms with Gasteiger partial charge in [0.2, 0.25) is 0 Å². The molecule has 102 valence electrons. The molecule has 1 unspecified atom stereocenters. The molecule has 1 fully saturated rings. The summed E-state index contributed by atoms with van der Waals surface area (Å²) in [5, 5.41) is 2.72. The number of amides is 3. The lowest BCUT2D eigenvalue weighted by molar-refractivity contribution is -0.118. The number of hydrogen-bond acceptors (Lipinski definition) is 3. The molecule has 5 heteroatoms. The van der Waals surface area contributed by atoms with Crippen LogP contribution in [0.2, 0.25) is 0 Å². The number of benzene rings is 1. The van der Waals surface area contributed by atoms with Gasteiger partial charge in [-0.1, -0.05) is 13.8 Å². The fourth-order valence-electron chi connectivity index (χ4n) is 2.14. The maximum atomic E-state index is 12.2. The zero-order chi connectivity index (χ0) is 14.0. The van der Waals surface area contributed by atoms with Crippen molar-refractivity contribution in [3.8, 4) is 5.75 Å². The molecule has 19 heavy (non-hydrogen) atoms. The molecule has 1 N–H and O–H groups in total. The minimum Gasteiger partial charge on any atom is -0.497 e. The van der Waals surface area contributed by atoms with Crippen LogP contribution in [-0.4, -0.2) is 25.1 Å². The Labute approximate surface area is 112 Å². The molecule has 3 amide bonds. The van der Waals surface area contributed by atoms with Gasteiger partial charge in [0, 0.05) is 0 Å². The number of imide groups is 1. The summed E-state index contributed by atoms with van der Waals surface area (Å²) in [6, 6.07) is 6.08. The molecule has 1 atom stereocenters. The lowest BCUT2D eigenvalue weighted by Crippen LogP contribution is -2.31. The van der Waals surface area contributed by atoms with E-state index in [1.807, 2.05) is 13.8 Å². The summed E-state index contributed by atoms with van der Waals surface area (Å²) < 4.78 is 5.06. The van der Waals surface area contributed by atoms with Crippen LogP contribution in [0.15, 0.2) is 24.3 Å². The largest absolute Gasteiger partial charge is 0.497 e. The normalized spacial score (nSPS) is 18.9. The number of hydrogen-bond donors (Lipinski definition) is 1. The first-order chi connectivity index (χ1) is 9.02. The van der Waals surface area contributed by atoms with Crippen molar-refractivity contribution in [2.75, 3.05) is 12.0 Å².